The van der Waals surface area contributed by atoms with Crippen LogP contribution in [0.25, 0.3) is 11.1 Å². The van der Waals surface area contributed by atoms with Crippen LogP contribution >= 0.6 is 11.3 Å². The molecule has 0 spiro atoms. The first kappa shape index (κ1) is 7.56. The van der Waals surface area contributed by atoms with Crippen LogP contribution in [0.3, 0.4) is 0 Å². The summed E-state index contributed by atoms with van der Waals surface area (Å²) in [5.41, 5.74) is 3.25. The Bertz CT molecular complexity index is 360. The highest BCUT2D eigenvalue weighted by Crippen LogP contribution is 2.22. The third-order valence-corrected chi connectivity index (χ3v) is 2.42. The molecular weight excluding hydrogens is 164 g/mol. The standard InChI is InChI=1S/C11H8S/c1-9-3-2-4-10(7-9)11-5-6-12-8-11/h1-8H. The lowest BCUT2D eigenvalue weighted by Crippen LogP contribution is -1.74. The van der Waals surface area contributed by atoms with Crippen LogP contribution in [0.2, 0.25) is 0 Å². The summed E-state index contributed by atoms with van der Waals surface area (Å²) in [6, 6.07) is 10.0. The Labute approximate surface area is 76.5 Å². The number of hydrogen-bond acceptors (Lipinski definition) is 1. The first-order chi connectivity index (χ1) is 5.86. The minimum atomic E-state index is 0.818. The van der Waals surface area contributed by atoms with Crippen molar-refractivity contribution in [1.29, 1.82) is 0 Å². The maximum absolute atomic E-state index is 5.67. The van der Waals surface area contributed by atoms with E-state index in [0.29, 0.717) is 0 Å². The Kier molecular flexibility index (Phi) is 1.96. The van der Waals surface area contributed by atoms with Gasteiger partial charge in [0.25, 0.3) is 0 Å². The maximum Gasteiger partial charge on any atom is -0.00118 e. The molecule has 58 valence electrons. The zero-order chi connectivity index (χ0) is 8.39. The summed E-state index contributed by atoms with van der Waals surface area (Å²) < 4.78 is 0. The molecule has 0 bridgehead atoms. The molecule has 0 atom stereocenters. The van der Waals surface area contributed by atoms with E-state index in [1.807, 2.05) is 18.2 Å². The van der Waals surface area contributed by atoms with Crippen molar-refractivity contribution in [3.63, 3.8) is 0 Å². The lowest BCUT2D eigenvalue weighted by atomic mass is 10.1. The second-order valence-electron chi connectivity index (χ2n) is 2.64. The van der Waals surface area contributed by atoms with Gasteiger partial charge in [0.05, 0.1) is 0 Å². The largest absolute Gasteiger partial charge is 0.152 e. The highest BCUT2D eigenvalue weighted by Gasteiger charge is 1.96. The molecule has 2 rings (SSSR count). The van der Waals surface area contributed by atoms with E-state index >= 15 is 0 Å². The van der Waals surface area contributed by atoms with Crippen molar-refractivity contribution >= 4 is 11.3 Å². The Morgan fingerprint density at radius 3 is 2.67 bits per heavy atom. The Morgan fingerprint density at radius 1 is 1.08 bits per heavy atom. The summed E-state index contributed by atoms with van der Waals surface area (Å²) in [5.74, 6) is 0. The highest BCUT2D eigenvalue weighted by molar-refractivity contribution is 7.08. The van der Waals surface area contributed by atoms with Crippen LogP contribution in [-0.2, 0) is 0 Å². The van der Waals surface area contributed by atoms with Gasteiger partial charge >= 0.3 is 0 Å². The summed E-state index contributed by atoms with van der Waals surface area (Å²) in [6.07, 6.45) is 0. The molecule has 0 aliphatic carbocycles. The van der Waals surface area contributed by atoms with Gasteiger partial charge < -0.3 is 0 Å². The summed E-state index contributed by atoms with van der Waals surface area (Å²) in [7, 11) is 0. The number of hydrogen-bond donors (Lipinski definition) is 0. The smallest absolute Gasteiger partial charge is 0.00118 e. The quantitative estimate of drug-likeness (QED) is 0.617. The Morgan fingerprint density at radius 2 is 2.00 bits per heavy atom. The Hall–Kier alpha value is -1.08. The average molecular weight is 172 g/mol. The molecule has 0 fully saturated rings. The van der Waals surface area contributed by atoms with E-state index in [1.54, 1.807) is 11.3 Å². The van der Waals surface area contributed by atoms with Gasteiger partial charge in [0.15, 0.2) is 0 Å². The fourth-order valence-corrected chi connectivity index (χ4v) is 1.81. The SMILES string of the molecule is [CH]c1cccc(-c2ccsc2)c1. The molecule has 0 aliphatic heterocycles. The van der Waals surface area contributed by atoms with Crippen molar-refractivity contribution in [2.45, 2.75) is 0 Å². The first-order valence-corrected chi connectivity index (χ1v) is 4.68. The minimum absolute atomic E-state index is 0.818. The lowest BCUT2D eigenvalue weighted by Gasteiger charge is -1.97. The third-order valence-electron chi connectivity index (χ3n) is 1.74. The molecule has 1 aromatic carbocycles. The van der Waals surface area contributed by atoms with E-state index in [4.69, 9.17) is 6.92 Å². The van der Waals surface area contributed by atoms with E-state index < -0.39 is 0 Å². The van der Waals surface area contributed by atoms with Crippen LogP contribution in [0.4, 0.5) is 0 Å². The van der Waals surface area contributed by atoms with Crippen molar-refractivity contribution < 1.29 is 0 Å². The van der Waals surface area contributed by atoms with Gasteiger partial charge in [0, 0.05) is 0 Å². The fraction of sp³-hybridized carbons (Fsp3) is 0. The van der Waals surface area contributed by atoms with E-state index in [1.165, 1.54) is 11.1 Å². The molecule has 0 nitrogen and oxygen atoms in total. The molecule has 0 unspecified atom stereocenters. The second-order valence-corrected chi connectivity index (χ2v) is 3.42. The zero-order valence-electron chi connectivity index (χ0n) is 6.53. The summed E-state index contributed by atoms with van der Waals surface area (Å²) in [6.45, 7) is 5.67. The van der Waals surface area contributed by atoms with Gasteiger partial charge in [0.2, 0.25) is 0 Å². The van der Waals surface area contributed by atoms with Gasteiger partial charge in [-0.2, -0.15) is 11.3 Å². The van der Waals surface area contributed by atoms with Crippen molar-refractivity contribution in [1.82, 2.24) is 0 Å². The van der Waals surface area contributed by atoms with Crippen molar-refractivity contribution in [3.8, 4) is 11.1 Å². The topological polar surface area (TPSA) is 0 Å². The normalized spacial score (nSPS) is 10.1. The molecule has 1 heteroatoms. The van der Waals surface area contributed by atoms with Gasteiger partial charge in [-0.15, -0.1) is 0 Å². The number of thiophene rings is 1. The van der Waals surface area contributed by atoms with Gasteiger partial charge in [-0.3, -0.25) is 0 Å². The predicted molar refractivity (Wildman–Crippen MR) is 53.2 cm³/mol. The molecule has 0 aliphatic rings. The van der Waals surface area contributed by atoms with Gasteiger partial charge in [-0.1, -0.05) is 24.3 Å². The molecule has 0 N–H and O–H groups in total. The summed E-state index contributed by atoms with van der Waals surface area (Å²) in [4.78, 5) is 0. The molecule has 1 aromatic heterocycles. The third kappa shape index (κ3) is 1.41. The first-order valence-electron chi connectivity index (χ1n) is 3.74. The van der Waals surface area contributed by atoms with Crippen LogP contribution < -0.4 is 0 Å². The van der Waals surface area contributed by atoms with Crippen molar-refractivity contribution in [2.24, 2.45) is 0 Å². The van der Waals surface area contributed by atoms with Crippen LogP contribution in [0.1, 0.15) is 5.56 Å². The number of rotatable bonds is 1. The van der Waals surface area contributed by atoms with Crippen LogP contribution in [0.5, 0.6) is 0 Å². The Balaban J connectivity index is 2.48. The molecule has 0 saturated carbocycles. The van der Waals surface area contributed by atoms with Crippen LogP contribution in [0.15, 0.2) is 41.1 Å². The van der Waals surface area contributed by atoms with Crippen molar-refractivity contribution in [3.05, 3.63) is 53.6 Å². The van der Waals surface area contributed by atoms with Gasteiger partial charge in [-0.25, -0.2) is 0 Å². The lowest BCUT2D eigenvalue weighted by molar-refractivity contribution is 1.60. The molecule has 1 heterocycles. The zero-order valence-corrected chi connectivity index (χ0v) is 7.34. The fourth-order valence-electron chi connectivity index (χ4n) is 1.15. The van der Waals surface area contributed by atoms with Gasteiger partial charge in [0.1, 0.15) is 0 Å². The molecule has 2 radical (unpaired) electrons. The summed E-state index contributed by atoms with van der Waals surface area (Å²) in [5, 5.41) is 4.19. The monoisotopic (exact) mass is 172 g/mol. The predicted octanol–water partition coefficient (Wildman–Crippen LogP) is 3.47. The molecular formula is C11H8S. The highest BCUT2D eigenvalue weighted by atomic mass is 32.1. The second kappa shape index (κ2) is 3.11. The summed E-state index contributed by atoms with van der Waals surface area (Å²) >= 11 is 1.70. The molecule has 0 saturated heterocycles. The molecule has 2 aromatic rings. The van der Waals surface area contributed by atoms with Crippen molar-refractivity contribution in [2.75, 3.05) is 0 Å². The maximum atomic E-state index is 5.67. The van der Waals surface area contributed by atoms with E-state index in [2.05, 4.69) is 22.9 Å². The number of benzene rings is 1. The van der Waals surface area contributed by atoms with Crippen LogP contribution in [-0.4, -0.2) is 0 Å². The average Bonchev–Trinajstić information content (AvgIpc) is 2.56. The van der Waals surface area contributed by atoms with Crippen LogP contribution in [0, 0.1) is 6.92 Å². The van der Waals surface area contributed by atoms with E-state index in [0.717, 1.165) is 5.56 Å². The minimum Gasteiger partial charge on any atom is -0.152 e. The van der Waals surface area contributed by atoms with Gasteiger partial charge in [-0.05, 0) is 40.4 Å². The van der Waals surface area contributed by atoms with E-state index in [9.17, 15) is 0 Å². The van der Waals surface area contributed by atoms with E-state index in [-0.39, 0.29) is 0 Å². The molecule has 12 heavy (non-hydrogen) atoms. The molecule has 0 amide bonds.